The smallest absolute Gasteiger partial charge is 0.237 e. The number of ether oxygens (including phenoxy) is 1. The van der Waals surface area contributed by atoms with Gasteiger partial charge in [-0.05, 0) is 18.6 Å². The summed E-state index contributed by atoms with van der Waals surface area (Å²) in [4.78, 5) is 3.96. The molecule has 0 radical (unpaired) electrons. The first-order valence-electron chi connectivity index (χ1n) is 4.87. The fraction of sp³-hybridized carbons (Fsp3) is 0.500. The molecule has 0 aromatic carbocycles. The zero-order valence-electron chi connectivity index (χ0n) is 9.00. The van der Waals surface area contributed by atoms with E-state index in [0.717, 1.165) is 0 Å². The number of hydrogen-bond donors (Lipinski definition) is 4. The maximum atomic E-state index is 9.71. The van der Waals surface area contributed by atoms with Crippen molar-refractivity contribution in [3.63, 3.8) is 0 Å². The van der Waals surface area contributed by atoms with Crippen molar-refractivity contribution in [1.29, 1.82) is 0 Å². The second-order valence-corrected chi connectivity index (χ2v) is 3.36. The van der Waals surface area contributed by atoms with E-state index in [2.05, 4.69) is 4.98 Å². The lowest BCUT2D eigenvalue weighted by molar-refractivity contribution is 0.00171. The van der Waals surface area contributed by atoms with Crippen molar-refractivity contribution in [2.75, 3.05) is 19.5 Å². The second kappa shape index (κ2) is 5.64. The normalized spacial score (nSPS) is 14.5. The maximum Gasteiger partial charge on any atom is 0.237 e. The van der Waals surface area contributed by atoms with Gasteiger partial charge in [0.15, 0.2) is 0 Å². The molecule has 0 spiro atoms. The zero-order valence-corrected chi connectivity index (χ0v) is 9.00. The predicted octanol–water partition coefficient (Wildman–Crippen LogP) is -0.551. The molecule has 0 aliphatic heterocycles. The Kier molecular flexibility index (Phi) is 4.48. The lowest BCUT2D eigenvalue weighted by atomic mass is 10.1. The summed E-state index contributed by atoms with van der Waals surface area (Å²) in [6, 6.07) is 3.04. The molecule has 6 nitrogen and oxygen atoms in total. The first-order valence-corrected chi connectivity index (χ1v) is 4.87. The Hall–Kier alpha value is -1.37. The number of aromatic nitrogens is 1. The van der Waals surface area contributed by atoms with E-state index in [1.165, 1.54) is 19.2 Å². The van der Waals surface area contributed by atoms with Gasteiger partial charge in [0, 0.05) is 6.61 Å². The molecule has 0 aliphatic rings. The number of nitrogens with zero attached hydrogens (tertiary/aromatic N) is 1. The van der Waals surface area contributed by atoms with Gasteiger partial charge >= 0.3 is 0 Å². The van der Waals surface area contributed by atoms with Crippen molar-refractivity contribution in [1.82, 2.24) is 4.98 Å². The highest BCUT2D eigenvalue weighted by Gasteiger charge is 2.20. The summed E-state index contributed by atoms with van der Waals surface area (Å²) in [5, 5.41) is 27.8. The molecule has 0 aliphatic carbocycles. The summed E-state index contributed by atoms with van der Waals surface area (Å²) in [5.74, 6) is 0.202. The van der Waals surface area contributed by atoms with E-state index in [1.54, 1.807) is 0 Å². The number of pyridine rings is 1. The van der Waals surface area contributed by atoms with E-state index in [4.69, 9.17) is 15.6 Å². The number of aliphatic hydroxyl groups is 3. The Morgan fingerprint density at radius 3 is 2.69 bits per heavy atom. The monoisotopic (exact) mass is 228 g/mol. The second-order valence-electron chi connectivity index (χ2n) is 3.36. The average molecular weight is 228 g/mol. The number of rotatable bonds is 5. The first-order chi connectivity index (χ1) is 7.60. The molecule has 1 aromatic rings. The van der Waals surface area contributed by atoms with E-state index < -0.39 is 12.2 Å². The summed E-state index contributed by atoms with van der Waals surface area (Å²) < 4.78 is 4.90. The van der Waals surface area contributed by atoms with Crippen LogP contribution in [0, 0.1) is 0 Å². The molecule has 90 valence electrons. The molecule has 6 heteroatoms. The van der Waals surface area contributed by atoms with Gasteiger partial charge in [-0.25, -0.2) is 4.98 Å². The minimum absolute atomic E-state index is 0.0789. The van der Waals surface area contributed by atoms with Crippen LogP contribution in [0.15, 0.2) is 12.1 Å². The van der Waals surface area contributed by atoms with E-state index in [0.29, 0.717) is 5.69 Å². The number of aliphatic hydroxyl groups excluding tert-OH is 3. The third kappa shape index (κ3) is 2.82. The van der Waals surface area contributed by atoms with Gasteiger partial charge in [-0.3, -0.25) is 0 Å². The minimum atomic E-state index is -1.17. The van der Waals surface area contributed by atoms with Crippen molar-refractivity contribution >= 4 is 5.69 Å². The molecule has 0 fully saturated rings. The number of methoxy groups -OCH3 is 1. The van der Waals surface area contributed by atoms with Crippen molar-refractivity contribution in [3.8, 4) is 5.88 Å². The molecule has 5 N–H and O–H groups in total. The molecule has 16 heavy (non-hydrogen) atoms. The summed E-state index contributed by atoms with van der Waals surface area (Å²) in [7, 11) is 1.42. The number of anilines is 1. The summed E-state index contributed by atoms with van der Waals surface area (Å²) in [5.41, 5.74) is 6.18. The molecule has 0 bridgehead atoms. The molecule has 0 saturated carbocycles. The van der Waals surface area contributed by atoms with E-state index >= 15 is 0 Å². The summed E-state index contributed by atoms with van der Waals surface area (Å²) >= 11 is 0. The largest absolute Gasteiger partial charge is 0.480 e. The number of hydrogen-bond acceptors (Lipinski definition) is 6. The standard InChI is InChI=1S/C10H16N2O4/c1-16-10-6(11)2-3-7(12-10)9(15)8(14)4-5-13/h2-3,8-9,13-15H,4-5,11H2,1H3. The number of nitrogen functional groups attached to an aromatic ring is 1. The minimum Gasteiger partial charge on any atom is -0.480 e. The Balaban J connectivity index is 2.87. The van der Waals surface area contributed by atoms with Crippen LogP contribution in [-0.4, -0.2) is 40.1 Å². The van der Waals surface area contributed by atoms with Gasteiger partial charge in [0.1, 0.15) is 6.10 Å². The highest BCUT2D eigenvalue weighted by atomic mass is 16.5. The maximum absolute atomic E-state index is 9.71. The van der Waals surface area contributed by atoms with Gasteiger partial charge in [-0.1, -0.05) is 0 Å². The highest BCUT2D eigenvalue weighted by molar-refractivity contribution is 5.48. The van der Waals surface area contributed by atoms with Crippen LogP contribution in [-0.2, 0) is 0 Å². The van der Waals surface area contributed by atoms with Gasteiger partial charge < -0.3 is 25.8 Å². The lowest BCUT2D eigenvalue weighted by Crippen LogP contribution is -2.20. The summed E-state index contributed by atoms with van der Waals surface area (Å²) in [6.45, 7) is -0.204. The molecule has 2 atom stereocenters. The fourth-order valence-electron chi connectivity index (χ4n) is 1.28. The van der Waals surface area contributed by atoms with Crippen molar-refractivity contribution in [2.24, 2.45) is 0 Å². The molecule has 1 rings (SSSR count). The van der Waals surface area contributed by atoms with Crippen LogP contribution in [0.4, 0.5) is 5.69 Å². The topological polar surface area (TPSA) is 109 Å². The molecular weight excluding hydrogens is 212 g/mol. The number of nitrogens with two attached hydrogens (primary N) is 1. The molecule has 2 unspecified atom stereocenters. The molecule has 0 amide bonds. The Morgan fingerprint density at radius 2 is 2.12 bits per heavy atom. The van der Waals surface area contributed by atoms with Crippen molar-refractivity contribution in [2.45, 2.75) is 18.6 Å². The van der Waals surface area contributed by atoms with Crippen molar-refractivity contribution in [3.05, 3.63) is 17.8 Å². The van der Waals surface area contributed by atoms with E-state index in [9.17, 15) is 10.2 Å². The van der Waals surface area contributed by atoms with Crippen LogP contribution in [0.5, 0.6) is 5.88 Å². The van der Waals surface area contributed by atoms with Gasteiger partial charge in [-0.2, -0.15) is 0 Å². The Labute approximate surface area is 93.3 Å². The van der Waals surface area contributed by atoms with Gasteiger partial charge in [0.2, 0.25) is 5.88 Å². The lowest BCUT2D eigenvalue weighted by Gasteiger charge is -2.17. The third-order valence-corrected chi connectivity index (χ3v) is 2.20. The third-order valence-electron chi connectivity index (χ3n) is 2.20. The van der Waals surface area contributed by atoms with Crippen LogP contribution in [0.1, 0.15) is 18.2 Å². The summed E-state index contributed by atoms with van der Waals surface area (Å²) in [6.07, 6.45) is -2.15. The van der Waals surface area contributed by atoms with Crippen molar-refractivity contribution < 1.29 is 20.1 Å². The van der Waals surface area contributed by atoms with Crippen LogP contribution in [0.2, 0.25) is 0 Å². The highest BCUT2D eigenvalue weighted by Crippen LogP contribution is 2.23. The predicted molar refractivity (Wildman–Crippen MR) is 57.9 cm³/mol. The fourth-order valence-corrected chi connectivity index (χ4v) is 1.28. The molecular formula is C10H16N2O4. The van der Waals surface area contributed by atoms with Crippen LogP contribution >= 0.6 is 0 Å². The zero-order chi connectivity index (χ0) is 12.1. The van der Waals surface area contributed by atoms with Crippen LogP contribution in [0.3, 0.4) is 0 Å². The first kappa shape index (κ1) is 12.7. The van der Waals surface area contributed by atoms with Gasteiger partial charge in [-0.15, -0.1) is 0 Å². The molecule has 1 aromatic heterocycles. The quantitative estimate of drug-likeness (QED) is 0.538. The van der Waals surface area contributed by atoms with Crippen LogP contribution < -0.4 is 10.5 Å². The van der Waals surface area contributed by atoms with Gasteiger partial charge in [0.05, 0.1) is 24.6 Å². The van der Waals surface area contributed by atoms with E-state index in [1.807, 2.05) is 0 Å². The Morgan fingerprint density at radius 1 is 1.44 bits per heavy atom. The molecule has 1 heterocycles. The van der Waals surface area contributed by atoms with Crippen LogP contribution in [0.25, 0.3) is 0 Å². The average Bonchev–Trinajstić information content (AvgIpc) is 2.29. The van der Waals surface area contributed by atoms with Gasteiger partial charge in [0.25, 0.3) is 0 Å². The van der Waals surface area contributed by atoms with E-state index in [-0.39, 0.29) is 24.6 Å². The Bertz CT molecular complexity index is 346. The SMILES string of the molecule is COc1nc(C(O)C(O)CCO)ccc1N. The molecule has 0 saturated heterocycles.